The predicted octanol–water partition coefficient (Wildman–Crippen LogP) is 2.45. The van der Waals surface area contributed by atoms with Gasteiger partial charge in [-0.2, -0.15) is 4.98 Å². The largest absolute Gasteiger partial charge is 0.334 e. The van der Waals surface area contributed by atoms with E-state index in [0.29, 0.717) is 17.4 Å². The summed E-state index contributed by atoms with van der Waals surface area (Å²) >= 11 is 0. The van der Waals surface area contributed by atoms with Crippen molar-refractivity contribution in [3.8, 4) is 11.5 Å². The summed E-state index contributed by atoms with van der Waals surface area (Å²) in [6.07, 6.45) is 3.19. The number of rotatable bonds is 4. The molecule has 0 saturated heterocycles. The Bertz CT molecular complexity index is 743. The lowest BCUT2D eigenvalue weighted by Gasteiger charge is -2.04. The molecule has 0 spiro atoms. The number of benzene rings is 1. The minimum absolute atomic E-state index is 0.169. The molecule has 0 fully saturated rings. The molecular weight excluding hydrogens is 282 g/mol. The van der Waals surface area contributed by atoms with Crippen LogP contribution in [0, 0.1) is 0 Å². The van der Waals surface area contributed by atoms with Crippen LogP contribution in [0.3, 0.4) is 0 Å². The van der Waals surface area contributed by atoms with E-state index in [1.54, 1.807) is 24.5 Å². The smallest absolute Gasteiger partial charge is 0.319 e. The van der Waals surface area contributed by atoms with Crippen molar-refractivity contribution in [2.75, 3.05) is 5.32 Å². The van der Waals surface area contributed by atoms with Gasteiger partial charge in [0.25, 0.3) is 5.89 Å². The third kappa shape index (κ3) is 3.45. The van der Waals surface area contributed by atoms with Gasteiger partial charge in [0.1, 0.15) is 0 Å². The van der Waals surface area contributed by atoms with Crippen molar-refractivity contribution in [3.63, 3.8) is 0 Å². The molecule has 2 amide bonds. The van der Waals surface area contributed by atoms with E-state index >= 15 is 0 Å². The Morgan fingerprint density at radius 1 is 1.14 bits per heavy atom. The first-order chi connectivity index (χ1) is 10.8. The minimum atomic E-state index is -0.362. The highest BCUT2D eigenvalue weighted by Gasteiger charge is 2.09. The maximum Gasteiger partial charge on any atom is 0.319 e. The van der Waals surface area contributed by atoms with E-state index in [1.165, 1.54) is 0 Å². The van der Waals surface area contributed by atoms with Crippen molar-refractivity contribution in [2.45, 2.75) is 6.54 Å². The molecule has 0 aliphatic heterocycles. The molecule has 0 saturated carbocycles. The van der Waals surface area contributed by atoms with Gasteiger partial charge in [-0.15, -0.1) is 0 Å². The van der Waals surface area contributed by atoms with Crippen molar-refractivity contribution in [1.29, 1.82) is 0 Å². The van der Waals surface area contributed by atoms with Crippen LogP contribution < -0.4 is 10.6 Å². The molecule has 3 rings (SSSR count). The van der Waals surface area contributed by atoms with E-state index < -0.39 is 0 Å². The number of hydrogen-bond donors (Lipinski definition) is 2. The summed E-state index contributed by atoms with van der Waals surface area (Å²) in [7, 11) is 0. The summed E-state index contributed by atoms with van der Waals surface area (Å²) in [6, 6.07) is 12.6. The summed E-state index contributed by atoms with van der Waals surface area (Å²) in [6.45, 7) is 0.169. The third-order valence-electron chi connectivity index (χ3n) is 2.82. The predicted molar refractivity (Wildman–Crippen MR) is 79.8 cm³/mol. The fourth-order valence-electron chi connectivity index (χ4n) is 1.80. The second kappa shape index (κ2) is 6.49. The van der Waals surface area contributed by atoms with E-state index in [4.69, 9.17) is 4.52 Å². The highest BCUT2D eigenvalue weighted by atomic mass is 16.5. The van der Waals surface area contributed by atoms with Crippen molar-refractivity contribution in [1.82, 2.24) is 20.4 Å². The quantitative estimate of drug-likeness (QED) is 0.771. The Labute approximate surface area is 126 Å². The van der Waals surface area contributed by atoms with Gasteiger partial charge in [-0.1, -0.05) is 23.4 Å². The average Bonchev–Trinajstić information content (AvgIpc) is 3.04. The zero-order valence-corrected chi connectivity index (χ0v) is 11.6. The molecule has 110 valence electrons. The highest BCUT2D eigenvalue weighted by Crippen LogP contribution is 2.15. The molecule has 0 unspecified atom stereocenters. The van der Waals surface area contributed by atoms with E-state index in [1.807, 2.05) is 30.3 Å². The fraction of sp³-hybridized carbons (Fsp3) is 0.0667. The Morgan fingerprint density at radius 3 is 2.77 bits per heavy atom. The monoisotopic (exact) mass is 295 g/mol. The number of pyridine rings is 1. The molecular formula is C15H13N5O2. The SMILES string of the molecule is O=C(NCc1noc(-c2ccccc2)n1)Nc1cccnc1. The molecule has 7 heteroatoms. The third-order valence-corrected chi connectivity index (χ3v) is 2.82. The number of amides is 2. The molecule has 3 aromatic rings. The first kappa shape index (κ1) is 13.7. The van der Waals surface area contributed by atoms with Crippen molar-refractivity contribution >= 4 is 11.7 Å². The van der Waals surface area contributed by atoms with Crippen LogP contribution in [0.4, 0.5) is 10.5 Å². The molecule has 22 heavy (non-hydrogen) atoms. The summed E-state index contributed by atoms with van der Waals surface area (Å²) in [5.74, 6) is 0.824. The molecule has 7 nitrogen and oxygen atoms in total. The number of nitrogens with one attached hydrogen (secondary N) is 2. The lowest BCUT2D eigenvalue weighted by Crippen LogP contribution is -2.28. The molecule has 2 heterocycles. The summed E-state index contributed by atoms with van der Waals surface area (Å²) in [4.78, 5) is 19.9. The molecule has 2 aromatic heterocycles. The van der Waals surface area contributed by atoms with Crippen LogP contribution in [0.1, 0.15) is 5.82 Å². The zero-order valence-electron chi connectivity index (χ0n) is 11.6. The fourth-order valence-corrected chi connectivity index (χ4v) is 1.80. The van der Waals surface area contributed by atoms with Gasteiger partial charge >= 0.3 is 6.03 Å². The number of carbonyl (C=O) groups is 1. The van der Waals surface area contributed by atoms with Gasteiger partial charge in [0.2, 0.25) is 0 Å². The number of aromatic nitrogens is 3. The molecule has 0 radical (unpaired) electrons. The number of nitrogens with zero attached hydrogens (tertiary/aromatic N) is 3. The van der Waals surface area contributed by atoms with E-state index in [-0.39, 0.29) is 12.6 Å². The molecule has 0 atom stereocenters. The normalized spacial score (nSPS) is 10.2. The minimum Gasteiger partial charge on any atom is -0.334 e. The van der Waals surface area contributed by atoms with Gasteiger partial charge in [0.15, 0.2) is 5.82 Å². The molecule has 0 bridgehead atoms. The lowest BCUT2D eigenvalue weighted by atomic mass is 10.2. The Hall–Kier alpha value is -3.22. The Kier molecular flexibility index (Phi) is 4.05. The van der Waals surface area contributed by atoms with Crippen molar-refractivity contribution in [3.05, 3.63) is 60.7 Å². The van der Waals surface area contributed by atoms with Crippen LogP contribution in [-0.4, -0.2) is 21.2 Å². The van der Waals surface area contributed by atoms with Gasteiger partial charge in [0, 0.05) is 11.8 Å². The molecule has 0 aliphatic carbocycles. The van der Waals surface area contributed by atoms with Crippen LogP contribution >= 0.6 is 0 Å². The highest BCUT2D eigenvalue weighted by molar-refractivity contribution is 5.88. The van der Waals surface area contributed by atoms with Crippen LogP contribution in [0.2, 0.25) is 0 Å². The molecule has 0 aliphatic rings. The Morgan fingerprint density at radius 2 is 2.00 bits per heavy atom. The summed E-state index contributed by atoms with van der Waals surface area (Å²) < 4.78 is 5.16. The van der Waals surface area contributed by atoms with Crippen LogP contribution in [0.15, 0.2) is 59.4 Å². The summed E-state index contributed by atoms with van der Waals surface area (Å²) in [5, 5.41) is 9.13. The first-order valence-electron chi connectivity index (χ1n) is 6.64. The van der Waals surface area contributed by atoms with Gasteiger partial charge in [-0.3, -0.25) is 4.98 Å². The van der Waals surface area contributed by atoms with E-state index in [0.717, 1.165) is 5.56 Å². The van der Waals surface area contributed by atoms with Crippen LogP contribution in [0.5, 0.6) is 0 Å². The van der Waals surface area contributed by atoms with Crippen LogP contribution in [0.25, 0.3) is 11.5 Å². The average molecular weight is 295 g/mol. The van der Waals surface area contributed by atoms with Gasteiger partial charge in [0.05, 0.1) is 18.4 Å². The number of carbonyl (C=O) groups excluding carboxylic acids is 1. The topological polar surface area (TPSA) is 92.9 Å². The van der Waals surface area contributed by atoms with Gasteiger partial charge in [-0.25, -0.2) is 4.79 Å². The second-order valence-corrected chi connectivity index (χ2v) is 4.43. The standard InChI is InChI=1S/C15H13N5O2/c21-15(18-12-7-4-8-16-9-12)17-10-13-19-14(22-20-13)11-5-2-1-3-6-11/h1-9H,10H2,(H2,17,18,21). The zero-order chi connectivity index (χ0) is 15.2. The maximum absolute atomic E-state index is 11.7. The van der Waals surface area contributed by atoms with Gasteiger partial charge in [-0.05, 0) is 24.3 Å². The molecule has 2 N–H and O–H groups in total. The van der Waals surface area contributed by atoms with Gasteiger partial charge < -0.3 is 15.2 Å². The lowest BCUT2D eigenvalue weighted by molar-refractivity contribution is 0.251. The molecule has 1 aromatic carbocycles. The van der Waals surface area contributed by atoms with Crippen molar-refractivity contribution < 1.29 is 9.32 Å². The number of hydrogen-bond acceptors (Lipinski definition) is 5. The maximum atomic E-state index is 11.7. The summed E-state index contributed by atoms with van der Waals surface area (Å²) in [5.41, 5.74) is 1.44. The van der Waals surface area contributed by atoms with E-state index in [2.05, 4.69) is 25.8 Å². The number of anilines is 1. The van der Waals surface area contributed by atoms with Crippen molar-refractivity contribution in [2.24, 2.45) is 0 Å². The van der Waals surface area contributed by atoms with E-state index in [9.17, 15) is 4.79 Å². The number of urea groups is 1. The Balaban J connectivity index is 1.56. The second-order valence-electron chi connectivity index (χ2n) is 4.43. The first-order valence-corrected chi connectivity index (χ1v) is 6.64. The van der Waals surface area contributed by atoms with Crippen LogP contribution in [-0.2, 0) is 6.54 Å².